The van der Waals surface area contributed by atoms with E-state index in [0.717, 1.165) is 29.7 Å². The monoisotopic (exact) mass is 476 g/mol. The predicted octanol–water partition coefficient (Wildman–Crippen LogP) is 3.63. The Morgan fingerprint density at radius 1 is 1.12 bits per heavy atom. The van der Waals surface area contributed by atoms with Crippen molar-refractivity contribution in [1.29, 1.82) is 0 Å². The molecule has 34 heavy (non-hydrogen) atoms. The third-order valence-electron chi connectivity index (χ3n) is 6.23. The molecule has 1 N–H and O–H groups in total. The molecule has 1 saturated carbocycles. The molecule has 0 bridgehead atoms. The molecule has 3 aromatic heterocycles. The van der Waals surface area contributed by atoms with Gasteiger partial charge in [0.2, 0.25) is 11.6 Å². The number of hydrogen-bond donors (Lipinski definition) is 1. The van der Waals surface area contributed by atoms with E-state index >= 15 is 0 Å². The maximum atomic E-state index is 14.0. The summed E-state index contributed by atoms with van der Waals surface area (Å²) in [5.74, 6) is 0.469. The number of anilines is 2. The van der Waals surface area contributed by atoms with Crippen molar-refractivity contribution in [1.82, 2.24) is 29.6 Å². The number of fused-ring (bicyclic) bond motifs is 2. The molecule has 11 heteroatoms. The summed E-state index contributed by atoms with van der Waals surface area (Å²) in [5.41, 5.74) is 3.98. The molecular formula is C23H21ClN8O2. The fraction of sp³-hybridized carbons (Fsp3) is 0.304. The number of nitrogens with one attached hydrogen (secondary N) is 1. The molecular weight excluding hydrogens is 456 g/mol. The number of benzene rings is 1. The summed E-state index contributed by atoms with van der Waals surface area (Å²) in [4.78, 5) is 27.5. The predicted molar refractivity (Wildman–Crippen MR) is 125 cm³/mol. The number of aromatic nitrogens is 6. The van der Waals surface area contributed by atoms with Gasteiger partial charge in [-0.1, -0.05) is 23.7 Å². The molecule has 1 aliphatic carbocycles. The molecule has 1 aromatic carbocycles. The zero-order valence-corrected chi connectivity index (χ0v) is 19.5. The number of amides is 2. The first-order chi connectivity index (χ1) is 16.3. The third-order valence-corrected chi connectivity index (χ3v) is 6.49. The Labute approximate surface area is 199 Å². The number of rotatable bonds is 4. The zero-order valence-electron chi connectivity index (χ0n) is 18.8. The maximum absolute atomic E-state index is 14.0. The van der Waals surface area contributed by atoms with Gasteiger partial charge in [0.25, 0.3) is 5.91 Å². The Bertz CT molecular complexity index is 1490. The van der Waals surface area contributed by atoms with Gasteiger partial charge >= 0.3 is 0 Å². The fourth-order valence-electron chi connectivity index (χ4n) is 4.61. The summed E-state index contributed by atoms with van der Waals surface area (Å²) >= 11 is 6.16. The molecule has 1 unspecified atom stereocenters. The van der Waals surface area contributed by atoms with Crippen LogP contribution in [0.15, 0.2) is 30.3 Å². The van der Waals surface area contributed by atoms with Crippen molar-refractivity contribution in [3.8, 4) is 0 Å². The van der Waals surface area contributed by atoms with Crippen LogP contribution in [-0.2, 0) is 4.79 Å². The molecule has 1 atom stereocenters. The van der Waals surface area contributed by atoms with Gasteiger partial charge in [-0.2, -0.15) is 9.61 Å². The van der Waals surface area contributed by atoms with Gasteiger partial charge in [-0.05, 0) is 44.4 Å². The lowest BCUT2D eigenvalue weighted by Crippen LogP contribution is -2.31. The van der Waals surface area contributed by atoms with Crippen LogP contribution in [0, 0.1) is 13.8 Å². The number of carbonyl (C=O) groups is 2. The van der Waals surface area contributed by atoms with Crippen LogP contribution in [0.2, 0.25) is 5.02 Å². The van der Waals surface area contributed by atoms with E-state index in [9.17, 15) is 9.59 Å². The highest BCUT2D eigenvalue weighted by Crippen LogP contribution is 2.46. The van der Waals surface area contributed by atoms with Gasteiger partial charge in [0.1, 0.15) is 5.69 Å². The van der Waals surface area contributed by atoms with E-state index in [2.05, 4.69) is 15.5 Å². The number of hydrogen-bond acceptors (Lipinski definition) is 6. The second kappa shape index (κ2) is 7.36. The first-order valence-corrected chi connectivity index (χ1v) is 11.4. The fourth-order valence-corrected chi connectivity index (χ4v) is 4.74. The molecule has 1 fully saturated rings. The third kappa shape index (κ3) is 3.09. The van der Waals surface area contributed by atoms with Crippen LogP contribution in [-0.4, -0.2) is 41.4 Å². The topological polar surface area (TPSA) is 110 Å². The van der Waals surface area contributed by atoms with Crippen LogP contribution < -0.4 is 10.2 Å². The minimum atomic E-state index is -0.445. The van der Waals surface area contributed by atoms with Crippen LogP contribution in [0.3, 0.4) is 0 Å². The van der Waals surface area contributed by atoms with Crippen LogP contribution in [0.1, 0.15) is 65.0 Å². The smallest absolute Gasteiger partial charge is 0.279 e. The molecule has 10 nitrogen and oxygen atoms in total. The van der Waals surface area contributed by atoms with Crippen molar-refractivity contribution in [3.63, 3.8) is 0 Å². The quantitative estimate of drug-likeness (QED) is 0.481. The van der Waals surface area contributed by atoms with E-state index in [1.807, 2.05) is 35.9 Å². The molecule has 1 aliphatic heterocycles. The van der Waals surface area contributed by atoms with Gasteiger partial charge in [-0.25, -0.2) is 0 Å². The Morgan fingerprint density at radius 2 is 1.85 bits per heavy atom. The van der Waals surface area contributed by atoms with Crippen molar-refractivity contribution >= 4 is 40.6 Å². The number of halogens is 1. The van der Waals surface area contributed by atoms with Crippen molar-refractivity contribution < 1.29 is 9.59 Å². The van der Waals surface area contributed by atoms with E-state index < -0.39 is 6.04 Å². The summed E-state index contributed by atoms with van der Waals surface area (Å²) in [5, 5.41) is 21.1. The summed E-state index contributed by atoms with van der Waals surface area (Å²) in [6, 6.07) is 8.90. The highest BCUT2D eigenvalue weighted by molar-refractivity contribution is 6.30. The number of carbonyl (C=O) groups excluding carboxylic acids is 2. The average molecular weight is 477 g/mol. The lowest BCUT2D eigenvalue weighted by Gasteiger charge is -2.26. The molecule has 4 heterocycles. The van der Waals surface area contributed by atoms with Crippen LogP contribution in [0.25, 0.3) is 5.65 Å². The van der Waals surface area contributed by atoms with Gasteiger partial charge in [-0.15, -0.1) is 15.3 Å². The summed E-state index contributed by atoms with van der Waals surface area (Å²) in [7, 11) is 0. The average Bonchev–Trinajstić information content (AvgIpc) is 3.40. The van der Waals surface area contributed by atoms with E-state index in [1.54, 1.807) is 17.9 Å². The highest BCUT2D eigenvalue weighted by Gasteiger charge is 2.46. The second-order valence-electron chi connectivity index (χ2n) is 8.73. The zero-order chi connectivity index (χ0) is 23.7. The van der Waals surface area contributed by atoms with Crippen molar-refractivity contribution in [2.75, 3.05) is 10.2 Å². The van der Waals surface area contributed by atoms with E-state index in [1.165, 1.54) is 11.4 Å². The standard InChI is InChI=1S/C23H21ClN8O2/c1-11-19-20(14-4-6-15(24)7-5-14)30(23(34)21(19)32(28-11)16-8-9-16)18-10-17(25-13(3)33)22-27-26-12(2)31(22)29-18/h4-7,10,16,20H,8-9H2,1-3H3,(H,25,33). The normalized spacial score (nSPS) is 17.5. The molecule has 6 rings (SSSR count). The second-order valence-corrected chi connectivity index (χ2v) is 9.17. The Morgan fingerprint density at radius 3 is 2.53 bits per heavy atom. The Hall–Kier alpha value is -3.79. The van der Waals surface area contributed by atoms with Gasteiger partial charge in [0.15, 0.2) is 11.6 Å². The number of nitrogens with zero attached hydrogens (tertiary/aromatic N) is 7. The van der Waals surface area contributed by atoms with E-state index in [0.29, 0.717) is 33.7 Å². The molecule has 0 spiro atoms. The van der Waals surface area contributed by atoms with Crippen LogP contribution in [0.4, 0.5) is 11.5 Å². The molecule has 0 saturated heterocycles. The molecule has 172 valence electrons. The largest absolute Gasteiger partial charge is 0.323 e. The SMILES string of the molecule is CC(=O)Nc1cc(N2C(=O)c3c(c(C)nn3C3CC3)C2c2ccc(Cl)cc2)nn2c(C)nnc12. The van der Waals surface area contributed by atoms with Gasteiger partial charge in [0, 0.05) is 23.6 Å². The summed E-state index contributed by atoms with van der Waals surface area (Å²) in [6.07, 6.45) is 2.01. The molecule has 4 aromatic rings. The van der Waals surface area contributed by atoms with Crippen LogP contribution in [0.5, 0.6) is 0 Å². The Kier molecular flexibility index (Phi) is 4.50. The maximum Gasteiger partial charge on any atom is 0.279 e. The minimum absolute atomic E-state index is 0.186. The first-order valence-electron chi connectivity index (χ1n) is 11.0. The minimum Gasteiger partial charge on any atom is -0.323 e. The summed E-state index contributed by atoms with van der Waals surface area (Å²) < 4.78 is 3.41. The Balaban J connectivity index is 1.59. The molecule has 0 radical (unpaired) electrons. The van der Waals surface area contributed by atoms with Gasteiger partial charge < -0.3 is 5.32 Å². The van der Waals surface area contributed by atoms with E-state index in [4.69, 9.17) is 21.8 Å². The van der Waals surface area contributed by atoms with Crippen molar-refractivity contribution in [2.24, 2.45) is 0 Å². The molecule has 2 aliphatic rings. The summed E-state index contributed by atoms with van der Waals surface area (Å²) in [6.45, 7) is 5.11. The lowest BCUT2D eigenvalue weighted by atomic mass is 9.99. The van der Waals surface area contributed by atoms with Crippen molar-refractivity contribution in [3.05, 3.63) is 63.7 Å². The lowest BCUT2D eigenvalue weighted by molar-refractivity contribution is -0.114. The van der Waals surface area contributed by atoms with Crippen LogP contribution >= 0.6 is 11.6 Å². The first kappa shape index (κ1) is 20.8. The van der Waals surface area contributed by atoms with E-state index in [-0.39, 0.29) is 17.9 Å². The number of aryl methyl sites for hydroxylation is 2. The highest BCUT2D eigenvalue weighted by atomic mass is 35.5. The van der Waals surface area contributed by atoms with Gasteiger partial charge in [-0.3, -0.25) is 19.2 Å². The van der Waals surface area contributed by atoms with Crippen molar-refractivity contribution in [2.45, 2.75) is 45.7 Å². The van der Waals surface area contributed by atoms with Gasteiger partial charge in [0.05, 0.1) is 23.5 Å². The molecule has 2 amide bonds.